The molecule has 1 aromatic carbocycles. The van der Waals surface area contributed by atoms with E-state index in [0.29, 0.717) is 17.2 Å². The third kappa shape index (κ3) is 2.36. The lowest BCUT2D eigenvalue weighted by Gasteiger charge is -1.97. The molecule has 22 heavy (non-hydrogen) atoms. The predicted octanol–water partition coefficient (Wildman–Crippen LogP) is 2.06. The van der Waals surface area contributed by atoms with Gasteiger partial charge in [0.25, 0.3) is 5.69 Å². The molecule has 0 bridgehead atoms. The lowest BCUT2D eigenvalue weighted by molar-refractivity contribution is -0.384. The minimum absolute atomic E-state index is 0.0693. The molecular formula is C13H12N4O5. The van der Waals surface area contributed by atoms with E-state index < -0.39 is 10.7 Å². The molecule has 0 radical (unpaired) electrons. The lowest BCUT2D eigenvalue weighted by Crippen LogP contribution is -2.15. The standard InChI is InChI=1S/C13H12N4O5/c1-7(2)12-14-11(15-22-12)6-16-9-4-3-8(17(19)20)5-10(9)21-13(16)18/h3-5,7H,6H2,1-2H3. The van der Waals surface area contributed by atoms with Gasteiger partial charge in [0.05, 0.1) is 23.1 Å². The van der Waals surface area contributed by atoms with Crippen LogP contribution in [0.4, 0.5) is 5.69 Å². The summed E-state index contributed by atoms with van der Waals surface area (Å²) in [7, 11) is 0. The molecule has 0 aliphatic heterocycles. The van der Waals surface area contributed by atoms with Crippen LogP contribution in [0.3, 0.4) is 0 Å². The monoisotopic (exact) mass is 304 g/mol. The highest BCUT2D eigenvalue weighted by atomic mass is 16.6. The van der Waals surface area contributed by atoms with E-state index in [9.17, 15) is 14.9 Å². The van der Waals surface area contributed by atoms with Gasteiger partial charge in [-0.2, -0.15) is 4.98 Å². The Bertz CT molecular complexity index is 905. The molecule has 0 spiro atoms. The molecule has 9 heteroatoms. The van der Waals surface area contributed by atoms with Gasteiger partial charge >= 0.3 is 5.76 Å². The largest absolute Gasteiger partial charge is 0.420 e. The van der Waals surface area contributed by atoms with Crippen molar-refractivity contribution in [1.82, 2.24) is 14.7 Å². The van der Waals surface area contributed by atoms with E-state index in [1.165, 1.54) is 22.8 Å². The summed E-state index contributed by atoms with van der Waals surface area (Å²) in [5.74, 6) is 0.270. The quantitative estimate of drug-likeness (QED) is 0.534. The zero-order valence-electron chi connectivity index (χ0n) is 11.8. The van der Waals surface area contributed by atoms with E-state index in [-0.39, 0.29) is 23.7 Å². The van der Waals surface area contributed by atoms with E-state index in [2.05, 4.69) is 10.1 Å². The van der Waals surface area contributed by atoms with Crippen LogP contribution in [0.2, 0.25) is 0 Å². The molecule has 0 aliphatic carbocycles. The minimum Gasteiger partial charge on any atom is -0.407 e. The summed E-state index contributed by atoms with van der Waals surface area (Å²) >= 11 is 0. The van der Waals surface area contributed by atoms with Gasteiger partial charge in [-0.15, -0.1) is 0 Å². The van der Waals surface area contributed by atoms with Crippen molar-refractivity contribution in [3.05, 3.63) is 50.6 Å². The molecule has 0 unspecified atom stereocenters. The first-order valence-electron chi connectivity index (χ1n) is 6.56. The van der Waals surface area contributed by atoms with Crippen molar-refractivity contribution >= 4 is 16.8 Å². The first-order valence-corrected chi connectivity index (χ1v) is 6.56. The maximum atomic E-state index is 11.9. The molecule has 0 N–H and O–H groups in total. The van der Waals surface area contributed by atoms with Gasteiger partial charge in [-0.25, -0.2) is 4.79 Å². The van der Waals surface area contributed by atoms with Crippen LogP contribution in [0, 0.1) is 10.1 Å². The van der Waals surface area contributed by atoms with Crippen molar-refractivity contribution in [3.8, 4) is 0 Å². The number of fused-ring (bicyclic) bond motifs is 1. The molecule has 9 nitrogen and oxygen atoms in total. The Hall–Kier alpha value is -2.97. The zero-order valence-corrected chi connectivity index (χ0v) is 11.8. The summed E-state index contributed by atoms with van der Waals surface area (Å²) in [5.41, 5.74) is 0.438. The van der Waals surface area contributed by atoms with Gasteiger partial charge in [0.15, 0.2) is 11.4 Å². The Balaban J connectivity index is 2.01. The van der Waals surface area contributed by atoms with Crippen molar-refractivity contribution in [3.63, 3.8) is 0 Å². The fourth-order valence-corrected chi connectivity index (χ4v) is 2.03. The average Bonchev–Trinajstić information content (AvgIpc) is 3.04. The maximum Gasteiger partial charge on any atom is 0.420 e. The smallest absolute Gasteiger partial charge is 0.407 e. The second kappa shape index (κ2) is 5.10. The number of benzene rings is 1. The highest BCUT2D eigenvalue weighted by molar-refractivity contribution is 5.75. The molecule has 0 saturated carbocycles. The molecule has 0 aliphatic rings. The van der Waals surface area contributed by atoms with E-state index in [4.69, 9.17) is 8.94 Å². The van der Waals surface area contributed by atoms with Crippen LogP contribution >= 0.6 is 0 Å². The molecular weight excluding hydrogens is 292 g/mol. The van der Waals surface area contributed by atoms with Crippen LogP contribution in [-0.4, -0.2) is 19.6 Å². The van der Waals surface area contributed by atoms with E-state index in [1.807, 2.05) is 13.8 Å². The number of hydrogen-bond donors (Lipinski definition) is 0. The van der Waals surface area contributed by atoms with Gasteiger partial charge < -0.3 is 8.94 Å². The summed E-state index contributed by atoms with van der Waals surface area (Å²) in [6.07, 6.45) is 0. The second-order valence-corrected chi connectivity index (χ2v) is 5.07. The average molecular weight is 304 g/mol. The van der Waals surface area contributed by atoms with Gasteiger partial charge in [0.2, 0.25) is 5.89 Å². The van der Waals surface area contributed by atoms with E-state index >= 15 is 0 Å². The Morgan fingerprint density at radius 3 is 2.82 bits per heavy atom. The number of oxazole rings is 1. The van der Waals surface area contributed by atoms with Crippen LogP contribution < -0.4 is 5.76 Å². The molecule has 3 rings (SSSR count). The van der Waals surface area contributed by atoms with E-state index in [0.717, 1.165) is 0 Å². The first-order chi connectivity index (χ1) is 10.5. The summed E-state index contributed by atoms with van der Waals surface area (Å²) in [5, 5.41) is 14.6. The topological polar surface area (TPSA) is 117 Å². The van der Waals surface area contributed by atoms with Crippen molar-refractivity contribution < 1.29 is 13.9 Å². The van der Waals surface area contributed by atoms with Gasteiger partial charge in [0.1, 0.15) is 0 Å². The molecule has 0 amide bonds. The summed E-state index contributed by atoms with van der Waals surface area (Å²) in [6, 6.07) is 3.98. The molecule has 2 heterocycles. The fraction of sp³-hybridized carbons (Fsp3) is 0.308. The number of hydrogen-bond acceptors (Lipinski definition) is 7. The lowest BCUT2D eigenvalue weighted by atomic mass is 10.2. The van der Waals surface area contributed by atoms with Gasteiger partial charge in [-0.05, 0) is 6.07 Å². The molecule has 0 fully saturated rings. The zero-order chi connectivity index (χ0) is 15.9. The van der Waals surface area contributed by atoms with Crippen LogP contribution in [0.25, 0.3) is 11.1 Å². The van der Waals surface area contributed by atoms with E-state index in [1.54, 1.807) is 0 Å². The van der Waals surface area contributed by atoms with Gasteiger partial charge in [-0.1, -0.05) is 19.0 Å². The first kappa shape index (κ1) is 14.0. The van der Waals surface area contributed by atoms with Crippen molar-refractivity contribution in [2.45, 2.75) is 26.3 Å². The number of aromatic nitrogens is 3. The number of nitro benzene ring substituents is 1. The Kier molecular flexibility index (Phi) is 3.24. The Morgan fingerprint density at radius 2 is 2.18 bits per heavy atom. The van der Waals surface area contributed by atoms with Crippen LogP contribution in [0.1, 0.15) is 31.5 Å². The third-order valence-electron chi connectivity index (χ3n) is 3.14. The van der Waals surface area contributed by atoms with Crippen LogP contribution in [0.15, 0.2) is 31.9 Å². The number of nitro groups is 1. The molecule has 0 saturated heterocycles. The molecule has 0 atom stereocenters. The maximum absolute atomic E-state index is 11.9. The number of non-ortho nitro benzene ring substituents is 1. The minimum atomic E-state index is -0.633. The number of nitrogens with zero attached hydrogens (tertiary/aromatic N) is 4. The SMILES string of the molecule is CC(C)c1nc(Cn2c(=O)oc3cc([N+](=O)[O-])ccc32)no1. The second-order valence-electron chi connectivity index (χ2n) is 5.07. The summed E-state index contributed by atoms with van der Waals surface area (Å²) in [4.78, 5) is 26.3. The number of rotatable bonds is 4. The molecule has 2 aromatic heterocycles. The Morgan fingerprint density at radius 1 is 1.41 bits per heavy atom. The van der Waals surface area contributed by atoms with Gasteiger partial charge in [0, 0.05) is 12.0 Å². The van der Waals surface area contributed by atoms with Crippen molar-refractivity contribution in [2.24, 2.45) is 0 Å². The summed E-state index contributed by atoms with van der Waals surface area (Å²) < 4.78 is 11.4. The van der Waals surface area contributed by atoms with Crippen molar-refractivity contribution in [2.75, 3.05) is 0 Å². The third-order valence-corrected chi connectivity index (χ3v) is 3.14. The summed E-state index contributed by atoms with van der Waals surface area (Å²) in [6.45, 7) is 3.89. The fourth-order valence-electron chi connectivity index (χ4n) is 2.03. The normalized spacial score (nSPS) is 11.4. The molecule has 3 aromatic rings. The van der Waals surface area contributed by atoms with Crippen LogP contribution in [0.5, 0.6) is 0 Å². The van der Waals surface area contributed by atoms with Crippen molar-refractivity contribution in [1.29, 1.82) is 0 Å². The highest BCUT2D eigenvalue weighted by Crippen LogP contribution is 2.20. The Labute approximate surface area is 123 Å². The van der Waals surface area contributed by atoms with Crippen LogP contribution in [-0.2, 0) is 6.54 Å². The highest BCUT2D eigenvalue weighted by Gasteiger charge is 2.17. The van der Waals surface area contributed by atoms with Gasteiger partial charge in [-0.3, -0.25) is 14.7 Å². The predicted molar refractivity (Wildman–Crippen MR) is 74.6 cm³/mol. The molecule has 114 valence electrons.